The summed E-state index contributed by atoms with van der Waals surface area (Å²) in [5.41, 5.74) is 0.902. The standard InChI is InChI=1S/C16H21FN2O3/c1-10-7-8-13(17)14(9-10)19-16(21)18-11(2)15(20)22-12-5-3-4-6-12/h7-9,11-12H,3-6H2,1-2H3,(H2,18,19,21)/t11-/m0/s1. The van der Waals surface area contributed by atoms with E-state index in [1.54, 1.807) is 19.9 Å². The van der Waals surface area contributed by atoms with Crippen molar-refractivity contribution in [2.24, 2.45) is 0 Å². The molecule has 2 amide bonds. The number of aryl methyl sites for hydroxylation is 1. The Hall–Kier alpha value is -2.11. The summed E-state index contributed by atoms with van der Waals surface area (Å²) < 4.78 is 18.9. The van der Waals surface area contributed by atoms with Crippen molar-refractivity contribution < 1.29 is 18.7 Å². The number of rotatable bonds is 4. The number of hydrogen-bond acceptors (Lipinski definition) is 3. The zero-order chi connectivity index (χ0) is 16.1. The number of carbonyl (C=O) groups excluding carboxylic acids is 2. The van der Waals surface area contributed by atoms with Gasteiger partial charge in [0.05, 0.1) is 5.69 Å². The molecule has 2 rings (SSSR count). The first kappa shape index (κ1) is 16.3. The minimum Gasteiger partial charge on any atom is -0.461 e. The Bertz CT molecular complexity index is 556. The van der Waals surface area contributed by atoms with Crippen molar-refractivity contribution in [3.8, 4) is 0 Å². The summed E-state index contributed by atoms with van der Waals surface area (Å²) in [6.07, 6.45) is 3.83. The van der Waals surface area contributed by atoms with Gasteiger partial charge in [0.15, 0.2) is 0 Å². The van der Waals surface area contributed by atoms with Gasteiger partial charge in [-0.3, -0.25) is 0 Å². The molecule has 6 heteroatoms. The molecule has 120 valence electrons. The van der Waals surface area contributed by atoms with Gasteiger partial charge in [0.1, 0.15) is 18.0 Å². The van der Waals surface area contributed by atoms with Crippen LogP contribution in [0.15, 0.2) is 18.2 Å². The van der Waals surface area contributed by atoms with Crippen molar-refractivity contribution in [2.75, 3.05) is 5.32 Å². The number of nitrogens with one attached hydrogen (secondary N) is 2. The van der Waals surface area contributed by atoms with Gasteiger partial charge in [-0.15, -0.1) is 0 Å². The maximum atomic E-state index is 13.6. The molecule has 0 radical (unpaired) electrons. The fraction of sp³-hybridized carbons (Fsp3) is 0.500. The molecule has 1 aliphatic rings. The predicted octanol–water partition coefficient (Wildman–Crippen LogP) is 3.13. The number of ether oxygens (including phenoxy) is 1. The lowest BCUT2D eigenvalue weighted by molar-refractivity contribution is -0.150. The topological polar surface area (TPSA) is 67.4 Å². The maximum absolute atomic E-state index is 13.6. The van der Waals surface area contributed by atoms with Gasteiger partial charge >= 0.3 is 12.0 Å². The van der Waals surface area contributed by atoms with Gasteiger partial charge in [-0.05, 0) is 57.2 Å². The van der Waals surface area contributed by atoms with E-state index in [4.69, 9.17) is 4.74 Å². The fourth-order valence-electron chi connectivity index (χ4n) is 2.42. The van der Waals surface area contributed by atoms with Crippen LogP contribution in [0.2, 0.25) is 0 Å². The highest BCUT2D eigenvalue weighted by atomic mass is 19.1. The van der Waals surface area contributed by atoms with Crippen LogP contribution in [0, 0.1) is 12.7 Å². The zero-order valence-electron chi connectivity index (χ0n) is 12.8. The molecule has 1 aromatic carbocycles. The Kier molecular flexibility index (Phi) is 5.35. The fourth-order valence-corrected chi connectivity index (χ4v) is 2.42. The minimum absolute atomic E-state index is 0.0472. The van der Waals surface area contributed by atoms with Crippen LogP contribution >= 0.6 is 0 Å². The Morgan fingerprint density at radius 3 is 2.68 bits per heavy atom. The van der Waals surface area contributed by atoms with E-state index in [1.165, 1.54) is 12.1 Å². The number of anilines is 1. The molecule has 0 heterocycles. The molecule has 0 unspecified atom stereocenters. The van der Waals surface area contributed by atoms with Crippen molar-refractivity contribution in [1.82, 2.24) is 5.32 Å². The molecule has 0 aliphatic heterocycles. The predicted molar refractivity (Wildman–Crippen MR) is 81.1 cm³/mol. The van der Waals surface area contributed by atoms with Crippen LogP contribution in [0.1, 0.15) is 38.2 Å². The highest BCUT2D eigenvalue weighted by molar-refractivity contribution is 5.92. The number of hydrogen-bond donors (Lipinski definition) is 2. The maximum Gasteiger partial charge on any atom is 0.328 e. The molecule has 22 heavy (non-hydrogen) atoms. The molecule has 2 N–H and O–H groups in total. The van der Waals surface area contributed by atoms with E-state index in [9.17, 15) is 14.0 Å². The first-order chi connectivity index (χ1) is 10.5. The van der Waals surface area contributed by atoms with E-state index in [0.29, 0.717) is 0 Å². The Morgan fingerprint density at radius 1 is 1.32 bits per heavy atom. The van der Waals surface area contributed by atoms with Crippen molar-refractivity contribution in [2.45, 2.75) is 51.7 Å². The van der Waals surface area contributed by atoms with Gasteiger partial charge in [-0.2, -0.15) is 0 Å². The first-order valence-corrected chi connectivity index (χ1v) is 7.50. The van der Waals surface area contributed by atoms with Gasteiger partial charge in [-0.25, -0.2) is 14.0 Å². The molecule has 1 aromatic rings. The van der Waals surface area contributed by atoms with Crippen LogP contribution in [0.3, 0.4) is 0 Å². The summed E-state index contributed by atoms with van der Waals surface area (Å²) in [4.78, 5) is 23.7. The van der Waals surface area contributed by atoms with Gasteiger partial charge in [-0.1, -0.05) is 6.07 Å². The molecule has 0 saturated heterocycles. The SMILES string of the molecule is Cc1ccc(F)c(NC(=O)N[C@@H](C)C(=O)OC2CCCC2)c1. The lowest BCUT2D eigenvalue weighted by Gasteiger charge is -2.17. The molecule has 1 fully saturated rings. The van der Waals surface area contributed by atoms with Crippen molar-refractivity contribution in [1.29, 1.82) is 0 Å². The quantitative estimate of drug-likeness (QED) is 0.840. The molecule has 5 nitrogen and oxygen atoms in total. The van der Waals surface area contributed by atoms with E-state index in [1.807, 2.05) is 0 Å². The number of amides is 2. The monoisotopic (exact) mass is 308 g/mol. The Morgan fingerprint density at radius 2 is 2.00 bits per heavy atom. The van der Waals surface area contributed by atoms with Gasteiger partial charge < -0.3 is 15.4 Å². The van der Waals surface area contributed by atoms with Crippen LogP contribution < -0.4 is 10.6 Å². The summed E-state index contributed by atoms with van der Waals surface area (Å²) >= 11 is 0. The summed E-state index contributed by atoms with van der Waals surface area (Å²) in [5.74, 6) is -0.992. The van der Waals surface area contributed by atoms with E-state index in [2.05, 4.69) is 10.6 Å². The van der Waals surface area contributed by atoms with Gasteiger partial charge in [0.2, 0.25) is 0 Å². The molecular formula is C16H21FN2O3. The summed E-state index contributed by atoms with van der Waals surface area (Å²) in [6.45, 7) is 3.34. The van der Waals surface area contributed by atoms with Gasteiger partial charge in [0.25, 0.3) is 0 Å². The largest absolute Gasteiger partial charge is 0.461 e. The Labute approximate surface area is 129 Å². The lowest BCUT2D eigenvalue weighted by Crippen LogP contribution is -2.42. The number of esters is 1. The molecule has 1 aliphatic carbocycles. The number of halogens is 1. The Balaban J connectivity index is 1.85. The third-order valence-corrected chi connectivity index (χ3v) is 3.66. The normalized spacial score (nSPS) is 16.1. The molecule has 1 atom stereocenters. The van der Waals surface area contributed by atoms with E-state index < -0.39 is 23.9 Å². The van der Waals surface area contributed by atoms with E-state index >= 15 is 0 Å². The third kappa shape index (κ3) is 4.44. The minimum atomic E-state index is -0.784. The molecule has 0 spiro atoms. The van der Waals surface area contributed by atoms with E-state index in [-0.39, 0.29) is 11.8 Å². The molecule has 0 bridgehead atoms. The molecular weight excluding hydrogens is 287 g/mol. The van der Waals surface area contributed by atoms with Crippen molar-refractivity contribution in [3.63, 3.8) is 0 Å². The first-order valence-electron chi connectivity index (χ1n) is 7.50. The van der Waals surface area contributed by atoms with Crippen molar-refractivity contribution in [3.05, 3.63) is 29.6 Å². The van der Waals surface area contributed by atoms with Crippen molar-refractivity contribution >= 4 is 17.7 Å². The highest BCUT2D eigenvalue weighted by Crippen LogP contribution is 2.21. The second kappa shape index (κ2) is 7.24. The number of benzene rings is 1. The van der Waals surface area contributed by atoms with Gasteiger partial charge in [0, 0.05) is 0 Å². The van der Waals surface area contributed by atoms with Crippen LogP contribution in [-0.4, -0.2) is 24.1 Å². The summed E-state index contributed by atoms with van der Waals surface area (Å²) in [6, 6.07) is 2.99. The smallest absolute Gasteiger partial charge is 0.328 e. The van der Waals surface area contributed by atoms with Crippen LogP contribution in [0.4, 0.5) is 14.9 Å². The second-order valence-corrected chi connectivity index (χ2v) is 5.65. The lowest BCUT2D eigenvalue weighted by atomic mass is 10.2. The number of urea groups is 1. The number of carbonyl (C=O) groups is 2. The van der Waals surface area contributed by atoms with Crippen LogP contribution in [0.25, 0.3) is 0 Å². The highest BCUT2D eigenvalue weighted by Gasteiger charge is 2.24. The molecule has 1 saturated carbocycles. The average Bonchev–Trinajstić information content (AvgIpc) is 2.95. The van der Waals surface area contributed by atoms with Crippen LogP contribution in [-0.2, 0) is 9.53 Å². The zero-order valence-corrected chi connectivity index (χ0v) is 12.8. The average molecular weight is 308 g/mol. The van der Waals surface area contributed by atoms with Crippen LogP contribution in [0.5, 0.6) is 0 Å². The summed E-state index contributed by atoms with van der Waals surface area (Å²) in [5, 5.41) is 4.86. The third-order valence-electron chi connectivity index (χ3n) is 3.66. The summed E-state index contributed by atoms with van der Waals surface area (Å²) in [7, 11) is 0. The second-order valence-electron chi connectivity index (χ2n) is 5.65. The molecule has 0 aromatic heterocycles. The van der Waals surface area contributed by atoms with E-state index in [0.717, 1.165) is 31.2 Å².